The highest BCUT2D eigenvalue weighted by molar-refractivity contribution is 9.10. The lowest BCUT2D eigenvalue weighted by Gasteiger charge is -2.17. The Bertz CT molecular complexity index is 513. The molecule has 1 aromatic heterocycles. The monoisotopic (exact) mass is 323 g/mol. The van der Waals surface area contributed by atoms with E-state index in [4.69, 9.17) is 0 Å². The lowest BCUT2D eigenvalue weighted by molar-refractivity contribution is 0.543. The van der Waals surface area contributed by atoms with Gasteiger partial charge in [0.2, 0.25) is 0 Å². The highest BCUT2D eigenvalue weighted by Gasteiger charge is 2.12. The van der Waals surface area contributed by atoms with Gasteiger partial charge in [0, 0.05) is 28.5 Å². The van der Waals surface area contributed by atoms with Gasteiger partial charge in [-0.2, -0.15) is 0 Å². The van der Waals surface area contributed by atoms with Crippen molar-refractivity contribution in [3.8, 4) is 0 Å². The van der Waals surface area contributed by atoms with Crippen LogP contribution in [0.4, 0.5) is 4.39 Å². The van der Waals surface area contributed by atoms with E-state index in [2.05, 4.69) is 31.2 Å². The summed E-state index contributed by atoms with van der Waals surface area (Å²) in [7, 11) is 0. The smallest absolute Gasteiger partial charge is 0.124 e. The molecule has 0 aliphatic carbocycles. The van der Waals surface area contributed by atoms with E-state index in [1.165, 1.54) is 12.4 Å². The van der Waals surface area contributed by atoms with E-state index in [1.807, 2.05) is 13.0 Å². The number of nitrogens with zero attached hydrogens (tertiary/aromatic N) is 2. The van der Waals surface area contributed by atoms with Crippen LogP contribution in [0.3, 0.4) is 0 Å². The molecule has 1 atom stereocenters. The molecule has 3 nitrogen and oxygen atoms in total. The number of hydrogen-bond acceptors (Lipinski definition) is 3. The summed E-state index contributed by atoms with van der Waals surface area (Å²) < 4.78 is 14.1. The summed E-state index contributed by atoms with van der Waals surface area (Å²) in [6, 6.07) is 5.02. The van der Waals surface area contributed by atoms with E-state index in [0.717, 1.165) is 22.1 Å². The molecule has 1 aromatic carbocycles. The molecule has 2 rings (SSSR count). The molecular formula is C14H15BrFN3. The van der Waals surface area contributed by atoms with Gasteiger partial charge in [-0.25, -0.2) is 14.4 Å². The molecule has 0 aliphatic heterocycles. The van der Waals surface area contributed by atoms with Gasteiger partial charge in [-0.3, -0.25) is 0 Å². The largest absolute Gasteiger partial charge is 0.310 e. The molecule has 2 aromatic rings. The normalized spacial score (nSPS) is 12.4. The van der Waals surface area contributed by atoms with E-state index < -0.39 is 0 Å². The Morgan fingerprint density at radius 2 is 2.00 bits per heavy atom. The summed E-state index contributed by atoms with van der Waals surface area (Å²) in [5.74, 6) is -0.232. The fourth-order valence-electron chi connectivity index (χ4n) is 2.01. The van der Waals surface area contributed by atoms with Crippen LogP contribution in [0.25, 0.3) is 0 Å². The summed E-state index contributed by atoms with van der Waals surface area (Å²) in [5, 5.41) is 3.37. The first-order valence-corrected chi connectivity index (χ1v) is 6.91. The summed E-state index contributed by atoms with van der Waals surface area (Å²) in [6.45, 7) is 2.87. The number of nitrogens with one attached hydrogen (secondary N) is 1. The fourth-order valence-corrected chi connectivity index (χ4v) is 2.52. The van der Waals surface area contributed by atoms with Gasteiger partial charge in [-0.15, -0.1) is 0 Å². The van der Waals surface area contributed by atoms with Crippen LogP contribution in [0.15, 0.2) is 41.4 Å². The number of rotatable bonds is 5. The summed E-state index contributed by atoms with van der Waals surface area (Å²) in [4.78, 5) is 8.06. The molecule has 0 saturated carbocycles. The molecule has 0 spiro atoms. The predicted octanol–water partition coefficient (Wildman–Crippen LogP) is 3.27. The Morgan fingerprint density at radius 3 is 2.63 bits per heavy atom. The standard InChI is InChI=1S/C14H15BrFN3/c1-2-19-14(11-7-17-9-18-8-11)5-10-3-12(15)6-13(16)4-10/h3-4,6-9,14,19H,2,5H2,1H3. The molecule has 19 heavy (non-hydrogen) atoms. The molecular weight excluding hydrogens is 309 g/mol. The van der Waals surface area contributed by atoms with Gasteiger partial charge in [-0.1, -0.05) is 22.9 Å². The van der Waals surface area contributed by atoms with Crippen LogP contribution in [-0.4, -0.2) is 16.5 Å². The van der Waals surface area contributed by atoms with Crippen LogP contribution in [0, 0.1) is 5.82 Å². The lowest BCUT2D eigenvalue weighted by Crippen LogP contribution is -2.23. The molecule has 0 saturated heterocycles. The van der Waals surface area contributed by atoms with Gasteiger partial charge < -0.3 is 5.32 Å². The average Bonchev–Trinajstić information content (AvgIpc) is 2.38. The van der Waals surface area contributed by atoms with Crippen LogP contribution in [0.5, 0.6) is 0 Å². The second kappa shape index (κ2) is 6.73. The number of benzene rings is 1. The summed E-state index contributed by atoms with van der Waals surface area (Å²) >= 11 is 3.31. The quantitative estimate of drug-likeness (QED) is 0.917. The van der Waals surface area contributed by atoms with Crippen molar-refractivity contribution in [2.75, 3.05) is 6.54 Å². The number of aromatic nitrogens is 2. The number of hydrogen-bond donors (Lipinski definition) is 1. The van der Waals surface area contributed by atoms with Crippen LogP contribution in [0.2, 0.25) is 0 Å². The van der Waals surface area contributed by atoms with Crippen molar-refractivity contribution in [3.63, 3.8) is 0 Å². The van der Waals surface area contributed by atoms with E-state index >= 15 is 0 Å². The Labute approximate surface area is 120 Å². The van der Waals surface area contributed by atoms with Gasteiger partial charge >= 0.3 is 0 Å². The third-order valence-corrected chi connectivity index (χ3v) is 3.25. The van der Waals surface area contributed by atoms with Gasteiger partial charge in [0.25, 0.3) is 0 Å². The second-order valence-corrected chi connectivity index (χ2v) is 5.18. The van der Waals surface area contributed by atoms with Crippen molar-refractivity contribution in [2.45, 2.75) is 19.4 Å². The zero-order valence-corrected chi connectivity index (χ0v) is 12.2. The zero-order valence-electron chi connectivity index (χ0n) is 10.6. The topological polar surface area (TPSA) is 37.8 Å². The molecule has 1 heterocycles. The van der Waals surface area contributed by atoms with Gasteiger partial charge in [0.15, 0.2) is 0 Å². The average molecular weight is 324 g/mol. The second-order valence-electron chi connectivity index (χ2n) is 4.26. The first-order chi connectivity index (χ1) is 9.19. The maximum absolute atomic E-state index is 13.4. The van der Waals surface area contributed by atoms with Crippen LogP contribution in [0.1, 0.15) is 24.1 Å². The van der Waals surface area contributed by atoms with Gasteiger partial charge in [-0.05, 0) is 36.7 Å². The molecule has 0 bridgehead atoms. The predicted molar refractivity (Wildman–Crippen MR) is 76.3 cm³/mol. The van der Waals surface area contributed by atoms with Crippen molar-refractivity contribution < 1.29 is 4.39 Å². The molecule has 0 amide bonds. The van der Waals surface area contributed by atoms with Crippen LogP contribution >= 0.6 is 15.9 Å². The summed E-state index contributed by atoms with van der Waals surface area (Å²) in [5.41, 5.74) is 1.94. The summed E-state index contributed by atoms with van der Waals surface area (Å²) in [6.07, 6.45) is 5.77. The fraction of sp³-hybridized carbons (Fsp3) is 0.286. The van der Waals surface area contributed by atoms with E-state index in [-0.39, 0.29) is 11.9 Å². The van der Waals surface area contributed by atoms with Crippen molar-refractivity contribution in [3.05, 3.63) is 58.3 Å². The zero-order chi connectivity index (χ0) is 13.7. The van der Waals surface area contributed by atoms with E-state index in [0.29, 0.717) is 6.42 Å². The molecule has 0 radical (unpaired) electrons. The molecule has 1 N–H and O–H groups in total. The third kappa shape index (κ3) is 4.08. The Hall–Kier alpha value is -1.33. The SMILES string of the molecule is CCNC(Cc1cc(F)cc(Br)c1)c1cncnc1. The van der Waals surface area contributed by atoms with Crippen molar-refractivity contribution in [2.24, 2.45) is 0 Å². The van der Waals surface area contributed by atoms with Crippen molar-refractivity contribution in [1.29, 1.82) is 0 Å². The minimum Gasteiger partial charge on any atom is -0.310 e. The number of likely N-dealkylation sites (N-methyl/N-ethyl adjacent to an activating group) is 1. The van der Waals surface area contributed by atoms with Gasteiger partial charge in [0.05, 0.1) is 0 Å². The molecule has 1 unspecified atom stereocenters. The Morgan fingerprint density at radius 1 is 1.26 bits per heavy atom. The van der Waals surface area contributed by atoms with Crippen LogP contribution < -0.4 is 5.32 Å². The molecule has 100 valence electrons. The first-order valence-electron chi connectivity index (χ1n) is 6.12. The highest BCUT2D eigenvalue weighted by Crippen LogP contribution is 2.21. The maximum Gasteiger partial charge on any atom is 0.124 e. The minimum absolute atomic E-state index is 0.0832. The third-order valence-electron chi connectivity index (χ3n) is 2.80. The Kier molecular flexibility index (Phi) is 4.99. The first kappa shape index (κ1) is 14.1. The van der Waals surface area contributed by atoms with E-state index in [1.54, 1.807) is 18.5 Å². The lowest BCUT2D eigenvalue weighted by atomic mass is 10.0. The van der Waals surface area contributed by atoms with Crippen molar-refractivity contribution >= 4 is 15.9 Å². The highest BCUT2D eigenvalue weighted by atomic mass is 79.9. The van der Waals surface area contributed by atoms with Crippen molar-refractivity contribution in [1.82, 2.24) is 15.3 Å². The molecule has 0 fully saturated rings. The maximum atomic E-state index is 13.4. The van der Waals surface area contributed by atoms with E-state index in [9.17, 15) is 4.39 Å². The Balaban J connectivity index is 2.21. The van der Waals surface area contributed by atoms with Crippen LogP contribution in [-0.2, 0) is 6.42 Å². The molecule has 0 aliphatic rings. The molecule has 5 heteroatoms. The number of halogens is 2. The minimum atomic E-state index is -0.232. The van der Waals surface area contributed by atoms with Gasteiger partial charge in [0.1, 0.15) is 12.1 Å².